The quantitative estimate of drug-likeness (QED) is 0.871. The van der Waals surface area contributed by atoms with Crippen LogP contribution in [0.5, 0.6) is 5.75 Å². The highest BCUT2D eigenvalue weighted by atomic mass is 127. The van der Waals surface area contributed by atoms with Crippen molar-refractivity contribution in [3.63, 3.8) is 0 Å². The molecule has 1 atom stereocenters. The van der Waals surface area contributed by atoms with Crippen molar-refractivity contribution in [2.45, 2.75) is 6.04 Å². The van der Waals surface area contributed by atoms with Crippen molar-refractivity contribution in [3.8, 4) is 5.75 Å². The number of rotatable bonds is 3. The molecule has 2 aromatic rings. The second-order valence-corrected chi connectivity index (χ2v) is 5.05. The van der Waals surface area contributed by atoms with Crippen LogP contribution in [-0.4, -0.2) is 7.11 Å². The molecule has 2 N–H and O–H groups in total. The molecule has 88 valence electrons. The second kappa shape index (κ2) is 5.51. The van der Waals surface area contributed by atoms with Crippen LogP contribution in [0.1, 0.15) is 17.2 Å². The molecule has 0 saturated carbocycles. The molecule has 0 spiro atoms. The van der Waals surface area contributed by atoms with E-state index in [0.29, 0.717) is 0 Å². The van der Waals surface area contributed by atoms with Gasteiger partial charge in [0.1, 0.15) is 5.75 Å². The van der Waals surface area contributed by atoms with Crippen LogP contribution in [0.25, 0.3) is 0 Å². The van der Waals surface area contributed by atoms with Crippen LogP contribution < -0.4 is 10.5 Å². The number of halogens is 1. The van der Waals surface area contributed by atoms with Crippen LogP contribution in [0.3, 0.4) is 0 Å². The summed E-state index contributed by atoms with van der Waals surface area (Å²) in [6.07, 6.45) is 0. The Balaban J connectivity index is 2.33. The highest BCUT2D eigenvalue weighted by Gasteiger charge is 2.09. The summed E-state index contributed by atoms with van der Waals surface area (Å²) in [5, 5.41) is 0. The van der Waals surface area contributed by atoms with Gasteiger partial charge in [-0.2, -0.15) is 0 Å². The van der Waals surface area contributed by atoms with Crippen molar-refractivity contribution >= 4 is 22.6 Å². The van der Waals surface area contributed by atoms with E-state index in [1.54, 1.807) is 7.11 Å². The first-order chi connectivity index (χ1) is 8.20. The predicted octanol–water partition coefficient (Wildman–Crippen LogP) is 3.35. The van der Waals surface area contributed by atoms with E-state index < -0.39 is 0 Å². The van der Waals surface area contributed by atoms with Gasteiger partial charge in [-0.1, -0.05) is 24.3 Å². The number of hydrogen-bond donors (Lipinski definition) is 1. The van der Waals surface area contributed by atoms with Gasteiger partial charge in [0.25, 0.3) is 0 Å². The molecular weight excluding hydrogens is 325 g/mol. The first kappa shape index (κ1) is 12.4. The Bertz CT molecular complexity index is 513. The van der Waals surface area contributed by atoms with Crippen molar-refractivity contribution in [1.82, 2.24) is 0 Å². The van der Waals surface area contributed by atoms with E-state index in [1.807, 2.05) is 36.4 Å². The van der Waals surface area contributed by atoms with Crippen molar-refractivity contribution in [2.75, 3.05) is 7.11 Å². The monoisotopic (exact) mass is 339 g/mol. The molecule has 17 heavy (non-hydrogen) atoms. The minimum Gasteiger partial charge on any atom is -0.497 e. The number of ether oxygens (including phenoxy) is 1. The second-order valence-electron chi connectivity index (χ2n) is 3.81. The van der Waals surface area contributed by atoms with E-state index in [-0.39, 0.29) is 6.04 Å². The van der Waals surface area contributed by atoms with Crippen LogP contribution in [0.2, 0.25) is 0 Å². The van der Waals surface area contributed by atoms with E-state index in [9.17, 15) is 0 Å². The molecule has 0 amide bonds. The summed E-state index contributed by atoms with van der Waals surface area (Å²) in [6, 6.07) is 16.0. The molecule has 0 heterocycles. The molecule has 0 bridgehead atoms. The maximum atomic E-state index is 6.25. The summed E-state index contributed by atoms with van der Waals surface area (Å²) in [7, 11) is 1.66. The summed E-state index contributed by atoms with van der Waals surface area (Å²) < 4.78 is 6.40. The lowest BCUT2D eigenvalue weighted by atomic mass is 10.00. The van der Waals surface area contributed by atoms with Gasteiger partial charge in [-0.25, -0.2) is 0 Å². The Labute approximate surface area is 115 Å². The first-order valence-electron chi connectivity index (χ1n) is 5.35. The fraction of sp³-hybridized carbons (Fsp3) is 0.143. The molecule has 2 aromatic carbocycles. The van der Waals surface area contributed by atoms with Gasteiger partial charge in [0.2, 0.25) is 0 Å². The molecule has 0 aromatic heterocycles. The third kappa shape index (κ3) is 2.98. The molecule has 3 heteroatoms. The molecule has 0 saturated heterocycles. The summed E-state index contributed by atoms with van der Waals surface area (Å²) in [4.78, 5) is 0. The van der Waals surface area contributed by atoms with E-state index in [2.05, 4.69) is 34.7 Å². The zero-order valence-electron chi connectivity index (χ0n) is 9.56. The predicted molar refractivity (Wildman–Crippen MR) is 78.2 cm³/mol. The van der Waals surface area contributed by atoms with Gasteiger partial charge in [-0.15, -0.1) is 0 Å². The lowest BCUT2D eigenvalue weighted by Crippen LogP contribution is -2.11. The van der Waals surface area contributed by atoms with Gasteiger partial charge < -0.3 is 10.5 Å². The fourth-order valence-electron chi connectivity index (χ4n) is 1.73. The topological polar surface area (TPSA) is 35.2 Å². The van der Waals surface area contributed by atoms with Crippen LogP contribution in [0, 0.1) is 3.57 Å². The summed E-state index contributed by atoms with van der Waals surface area (Å²) >= 11 is 2.29. The van der Waals surface area contributed by atoms with E-state index in [0.717, 1.165) is 16.9 Å². The molecule has 0 aliphatic carbocycles. The molecule has 2 rings (SSSR count). The molecule has 1 unspecified atom stereocenters. The Morgan fingerprint density at radius 1 is 1.06 bits per heavy atom. The average Bonchev–Trinajstić information content (AvgIpc) is 2.38. The highest BCUT2D eigenvalue weighted by molar-refractivity contribution is 14.1. The summed E-state index contributed by atoms with van der Waals surface area (Å²) in [5.41, 5.74) is 8.43. The molecule has 0 fully saturated rings. The standard InChI is InChI=1S/C14H14INO/c1-17-13-7-3-5-11(9-13)14(16)10-4-2-6-12(15)8-10/h2-9,14H,16H2,1H3. The van der Waals surface area contributed by atoms with Gasteiger partial charge in [-0.3, -0.25) is 0 Å². The largest absolute Gasteiger partial charge is 0.497 e. The highest BCUT2D eigenvalue weighted by Crippen LogP contribution is 2.24. The maximum absolute atomic E-state index is 6.25. The van der Waals surface area contributed by atoms with Crippen LogP contribution >= 0.6 is 22.6 Å². The van der Waals surface area contributed by atoms with Crippen molar-refractivity contribution in [3.05, 3.63) is 63.2 Å². The van der Waals surface area contributed by atoms with Gasteiger partial charge in [0, 0.05) is 3.57 Å². The first-order valence-corrected chi connectivity index (χ1v) is 6.43. The zero-order valence-corrected chi connectivity index (χ0v) is 11.7. The molecular formula is C14H14INO. The third-order valence-corrected chi connectivity index (χ3v) is 3.33. The van der Waals surface area contributed by atoms with E-state index in [1.165, 1.54) is 3.57 Å². The van der Waals surface area contributed by atoms with Crippen LogP contribution in [0.4, 0.5) is 0 Å². The summed E-state index contributed by atoms with van der Waals surface area (Å²) in [5.74, 6) is 0.837. The van der Waals surface area contributed by atoms with Crippen LogP contribution in [-0.2, 0) is 0 Å². The smallest absolute Gasteiger partial charge is 0.119 e. The van der Waals surface area contributed by atoms with Crippen LogP contribution in [0.15, 0.2) is 48.5 Å². The van der Waals surface area contributed by atoms with Gasteiger partial charge in [-0.05, 0) is 58.0 Å². The minimum absolute atomic E-state index is 0.111. The number of benzene rings is 2. The Hall–Kier alpha value is -1.07. The third-order valence-electron chi connectivity index (χ3n) is 2.66. The molecule has 2 nitrogen and oxygen atoms in total. The van der Waals surface area contributed by atoms with Crippen molar-refractivity contribution < 1.29 is 4.74 Å². The maximum Gasteiger partial charge on any atom is 0.119 e. The molecule has 0 aliphatic rings. The van der Waals surface area contributed by atoms with Gasteiger partial charge in [0.05, 0.1) is 13.2 Å². The number of nitrogens with two attached hydrogens (primary N) is 1. The van der Waals surface area contributed by atoms with E-state index >= 15 is 0 Å². The molecule has 0 radical (unpaired) electrons. The Morgan fingerprint density at radius 3 is 2.35 bits per heavy atom. The normalized spacial score (nSPS) is 12.2. The van der Waals surface area contributed by atoms with Crippen molar-refractivity contribution in [1.29, 1.82) is 0 Å². The number of hydrogen-bond acceptors (Lipinski definition) is 2. The Morgan fingerprint density at radius 2 is 1.71 bits per heavy atom. The number of methoxy groups -OCH3 is 1. The summed E-state index contributed by atoms with van der Waals surface area (Å²) in [6.45, 7) is 0. The minimum atomic E-state index is -0.111. The Kier molecular flexibility index (Phi) is 4.02. The van der Waals surface area contributed by atoms with E-state index in [4.69, 9.17) is 10.5 Å². The average molecular weight is 339 g/mol. The lowest BCUT2D eigenvalue weighted by molar-refractivity contribution is 0.414. The lowest BCUT2D eigenvalue weighted by Gasteiger charge is -2.13. The van der Waals surface area contributed by atoms with Gasteiger partial charge >= 0.3 is 0 Å². The zero-order chi connectivity index (χ0) is 12.3. The van der Waals surface area contributed by atoms with Gasteiger partial charge in [0.15, 0.2) is 0 Å². The SMILES string of the molecule is COc1cccc(C(N)c2cccc(I)c2)c1. The fourth-order valence-corrected chi connectivity index (χ4v) is 2.29. The molecule has 0 aliphatic heterocycles. The van der Waals surface area contributed by atoms with Crippen molar-refractivity contribution in [2.24, 2.45) is 5.73 Å².